The number of aryl methyl sites for hydroxylation is 3. The topological polar surface area (TPSA) is 47.7 Å². The highest BCUT2D eigenvalue weighted by Gasteiger charge is 2.07. The highest BCUT2D eigenvalue weighted by atomic mass is 19.1. The molecule has 0 aliphatic carbocycles. The molecule has 0 saturated heterocycles. The Morgan fingerprint density at radius 1 is 1.44 bits per heavy atom. The molecule has 0 fully saturated rings. The molecular formula is C12H18FN5. The Morgan fingerprint density at radius 2 is 2.28 bits per heavy atom. The van der Waals surface area contributed by atoms with Gasteiger partial charge in [0.1, 0.15) is 12.5 Å². The van der Waals surface area contributed by atoms with E-state index in [1.807, 2.05) is 30.8 Å². The predicted molar refractivity (Wildman–Crippen MR) is 68.2 cm³/mol. The highest BCUT2D eigenvalue weighted by Crippen LogP contribution is 2.14. The third-order valence-electron chi connectivity index (χ3n) is 2.78. The lowest BCUT2D eigenvalue weighted by Crippen LogP contribution is -2.10. The van der Waals surface area contributed by atoms with Gasteiger partial charge in [-0.3, -0.25) is 4.68 Å². The van der Waals surface area contributed by atoms with Crippen molar-refractivity contribution in [2.24, 2.45) is 0 Å². The van der Waals surface area contributed by atoms with Gasteiger partial charge in [-0.15, -0.1) is 0 Å². The van der Waals surface area contributed by atoms with Gasteiger partial charge in [0.25, 0.3) is 0 Å². The van der Waals surface area contributed by atoms with Gasteiger partial charge in [0.05, 0.1) is 25.0 Å². The lowest BCUT2D eigenvalue weighted by Gasteiger charge is -2.08. The van der Waals surface area contributed by atoms with E-state index in [2.05, 4.69) is 15.5 Å². The first-order valence-electron chi connectivity index (χ1n) is 6.09. The van der Waals surface area contributed by atoms with Crippen LogP contribution in [0.25, 0.3) is 0 Å². The van der Waals surface area contributed by atoms with E-state index >= 15 is 0 Å². The number of nitrogens with zero attached hydrogens (tertiary/aromatic N) is 4. The number of hydrogen-bond acceptors (Lipinski definition) is 3. The van der Waals surface area contributed by atoms with E-state index in [0.29, 0.717) is 6.54 Å². The number of hydrogen-bond donors (Lipinski definition) is 1. The van der Waals surface area contributed by atoms with Gasteiger partial charge in [0.15, 0.2) is 0 Å². The van der Waals surface area contributed by atoms with Gasteiger partial charge in [-0.25, -0.2) is 9.07 Å². The van der Waals surface area contributed by atoms with Crippen molar-refractivity contribution in [2.75, 3.05) is 12.0 Å². The Balaban J connectivity index is 2.02. The van der Waals surface area contributed by atoms with Crippen molar-refractivity contribution in [3.8, 4) is 0 Å². The van der Waals surface area contributed by atoms with Gasteiger partial charge in [-0.2, -0.15) is 10.2 Å². The predicted octanol–water partition coefficient (Wildman–Crippen LogP) is 1.99. The second-order valence-electron chi connectivity index (χ2n) is 4.10. The van der Waals surface area contributed by atoms with E-state index < -0.39 is 6.67 Å². The van der Waals surface area contributed by atoms with Crippen LogP contribution in [0.2, 0.25) is 0 Å². The number of nitrogens with one attached hydrogen (secondary N) is 1. The lowest BCUT2D eigenvalue weighted by molar-refractivity contribution is 0.429. The Kier molecular flexibility index (Phi) is 3.96. The molecule has 18 heavy (non-hydrogen) atoms. The zero-order valence-electron chi connectivity index (χ0n) is 10.7. The molecule has 2 aromatic heterocycles. The smallest absolute Gasteiger partial charge is 0.127 e. The summed E-state index contributed by atoms with van der Waals surface area (Å²) >= 11 is 0. The summed E-state index contributed by atoms with van der Waals surface area (Å²) < 4.78 is 15.9. The monoisotopic (exact) mass is 251 g/mol. The van der Waals surface area contributed by atoms with Gasteiger partial charge < -0.3 is 5.32 Å². The summed E-state index contributed by atoms with van der Waals surface area (Å²) in [7, 11) is 0. The molecule has 0 aliphatic rings. The van der Waals surface area contributed by atoms with Crippen LogP contribution in [-0.4, -0.2) is 26.2 Å². The van der Waals surface area contributed by atoms with Gasteiger partial charge in [-0.05, 0) is 19.9 Å². The molecule has 0 atom stereocenters. The number of halogens is 1. The molecule has 0 bridgehead atoms. The maximum atomic E-state index is 12.4. The van der Waals surface area contributed by atoms with Gasteiger partial charge in [0.2, 0.25) is 0 Å². The van der Waals surface area contributed by atoms with Crippen molar-refractivity contribution >= 4 is 5.82 Å². The van der Waals surface area contributed by atoms with Crippen LogP contribution >= 0.6 is 0 Å². The summed E-state index contributed by atoms with van der Waals surface area (Å²) in [5.74, 6) is 0.860. The summed E-state index contributed by atoms with van der Waals surface area (Å²) in [6.07, 6.45) is 3.69. The van der Waals surface area contributed by atoms with Gasteiger partial charge in [-0.1, -0.05) is 0 Å². The van der Waals surface area contributed by atoms with Gasteiger partial charge >= 0.3 is 0 Å². The normalized spacial score (nSPS) is 10.8. The van der Waals surface area contributed by atoms with Crippen LogP contribution < -0.4 is 5.32 Å². The zero-order chi connectivity index (χ0) is 13.0. The summed E-state index contributed by atoms with van der Waals surface area (Å²) in [6, 6.07) is 1.97. The molecular weight excluding hydrogens is 233 g/mol. The summed E-state index contributed by atoms with van der Waals surface area (Å²) in [4.78, 5) is 0. The number of alkyl halides is 1. The minimum absolute atomic E-state index is 0.277. The molecule has 0 aromatic carbocycles. The Hall–Kier alpha value is -1.85. The van der Waals surface area contributed by atoms with E-state index in [9.17, 15) is 4.39 Å². The van der Waals surface area contributed by atoms with Crippen LogP contribution in [0.1, 0.15) is 18.2 Å². The SMILES string of the molecule is CCn1ccc(CNc2c(C)cnn2CCF)n1. The summed E-state index contributed by atoms with van der Waals surface area (Å²) in [6.45, 7) is 5.34. The van der Waals surface area contributed by atoms with E-state index in [1.165, 1.54) is 0 Å². The summed E-state index contributed by atoms with van der Waals surface area (Å²) in [5.41, 5.74) is 1.97. The van der Waals surface area contributed by atoms with Crippen molar-refractivity contribution in [2.45, 2.75) is 33.5 Å². The second-order valence-corrected chi connectivity index (χ2v) is 4.10. The molecule has 0 amide bonds. The van der Waals surface area contributed by atoms with E-state index in [-0.39, 0.29) is 6.54 Å². The number of rotatable bonds is 6. The van der Waals surface area contributed by atoms with Crippen LogP contribution in [0, 0.1) is 6.92 Å². The minimum atomic E-state index is -0.416. The first-order chi connectivity index (χ1) is 8.74. The summed E-state index contributed by atoms with van der Waals surface area (Å²) in [5, 5.41) is 11.8. The lowest BCUT2D eigenvalue weighted by atomic mass is 10.3. The van der Waals surface area contributed by atoms with Crippen molar-refractivity contribution in [3.63, 3.8) is 0 Å². The fourth-order valence-electron chi connectivity index (χ4n) is 1.81. The zero-order valence-corrected chi connectivity index (χ0v) is 10.7. The molecule has 5 nitrogen and oxygen atoms in total. The molecule has 6 heteroatoms. The molecule has 2 aromatic rings. The van der Waals surface area contributed by atoms with Crippen LogP contribution in [0.4, 0.5) is 10.2 Å². The van der Waals surface area contributed by atoms with E-state index in [1.54, 1.807) is 10.9 Å². The van der Waals surface area contributed by atoms with Gasteiger partial charge in [0, 0.05) is 18.3 Å². The maximum absolute atomic E-state index is 12.4. The quantitative estimate of drug-likeness (QED) is 0.854. The Bertz CT molecular complexity index is 502. The molecule has 2 heterocycles. The Labute approximate surface area is 106 Å². The van der Waals surface area contributed by atoms with Crippen molar-refractivity contribution in [1.29, 1.82) is 0 Å². The standard InChI is InChI=1S/C12H18FN5/c1-3-17-6-4-11(16-17)9-14-12-10(2)8-15-18(12)7-5-13/h4,6,8,14H,3,5,7,9H2,1-2H3. The Morgan fingerprint density at radius 3 is 2.94 bits per heavy atom. The second kappa shape index (κ2) is 5.66. The van der Waals surface area contributed by atoms with Crippen molar-refractivity contribution in [3.05, 3.63) is 29.7 Å². The van der Waals surface area contributed by atoms with E-state index in [4.69, 9.17) is 0 Å². The van der Waals surface area contributed by atoms with Crippen LogP contribution in [0.5, 0.6) is 0 Å². The molecule has 0 saturated carbocycles. The largest absolute Gasteiger partial charge is 0.364 e. The number of aromatic nitrogens is 4. The first-order valence-corrected chi connectivity index (χ1v) is 6.09. The molecule has 98 valence electrons. The molecule has 0 unspecified atom stereocenters. The maximum Gasteiger partial charge on any atom is 0.127 e. The average Bonchev–Trinajstić information content (AvgIpc) is 2.95. The van der Waals surface area contributed by atoms with E-state index in [0.717, 1.165) is 23.6 Å². The fraction of sp³-hybridized carbons (Fsp3) is 0.500. The van der Waals surface area contributed by atoms with Crippen LogP contribution in [-0.2, 0) is 19.6 Å². The molecule has 2 rings (SSSR count). The molecule has 1 N–H and O–H groups in total. The highest BCUT2D eigenvalue weighted by molar-refractivity contribution is 5.43. The molecule has 0 aliphatic heterocycles. The molecule has 0 radical (unpaired) electrons. The van der Waals surface area contributed by atoms with Crippen LogP contribution in [0.3, 0.4) is 0 Å². The van der Waals surface area contributed by atoms with Crippen molar-refractivity contribution < 1.29 is 4.39 Å². The number of anilines is 1. The average molecular weight is 251 g/mol. The fourth-order valence-corrected chi connectivity index (χ4v) is 1.81. The third kappa shape index (κ3) is 2.69. The molecule has 0 spiro atoms. The minimum Gasteiger partial charge on any atom is -0.364 e. The van der Waals surface area contributed by atoms with Crippen molar-refractivity contribution in [1.82, 2.24) is 19.6 Å². The third-order valence-corrected chi connectivity index (χ3v) is 2.78. The van der Waals surface area contributed by atoms with Crippen LogP contribution in [0.15, 0.2) is 18.5 Å². The first kappa shape index (κ1) is 12.6.